The van der Waals surface area contributed by atoms with Crippen LogP contribution in [0.5, 0.6) is 0 Å². The summed E-state index contributed by atoms with van der Waals surface area (Å²) in [5, 5.41) is 10.8. The van der Waals surface area contributed by atoms with Gasteiger partial charge in [-0.05, 0) is 66.2 Å². The van der Waals surface area contributed by atoms with Crippen LogP contribution in [0.4, 0.5) is 4.79 Å². The van der Waals surface area contributed by atoms with Crippen molar-refractivity contribution in [3.8, 4) is 0 Å². The predicted molar refractivity (Wildman–Crippen MR) is 83.1 cm³/mol. The molecule has 120 valence electrons. The summed E-state index contributed by atoms with van der Waals surface area (Å²) in [7, 11) is 0. The molecule has 1 amide bonds. The van der Waals surface area contributed by atoms with Crippen LogP contribution in [-0.4, -0.2) is 39.4 Å². The molecule has 2 atom stereocenters. The molecule has 2 saturated heterocycles. The lowest BCUT2D eigenvalue weighted by atomic mass is 9.73. The highest BCUT2D eigenvalue weighted by atomic mass is 16.6. The van der Waals surface area contributed by atoms with Crippen molar-refractivity contribution in [2.24, 2.45) is 0 Å². The monoisotopic (exact) mass is 295 g/mol. The van der Waals surface area contributed by atoms with Crippen molar-refractivity contribution >= 4 is 6.09 Å². The van der Waals surface area contributed by atoms with Crippen molar-refractivity contribution < 1.29 is 14.6 Å². The van der Waals surface area contributed by atoms with E-state index in [9.17, 15) is 9.90 Å². The van der Waals surface area contributed by atoms with Crippen LogP contribution in [0.1, 0.15) is 66.2 Å². The van der Waals surface area contributed by atoms with Crippen molar-refractivity contribution in [1.29, 1.82) is 0 Å². The molecule has 2 bridgehead atoms. The van der Waals surface area contributed by atoms with E-state index < -0.39 is 11.2 Å². The van der Waals surface area contributed by atoms with Gasteiger partial charge >= 0.3 is 6.09 Å². The van der Waals surface area contributed by atoms with Crippen LogP contribution in [0.15, 0.2) is 12.2 Å². The van der Waals surface area contributed by atoms with E-state index in [1.54, 1.807) is 0 Å². The quantitative estimate of drug-likeness (QED) is 0.791. The zero-order valence-electron chi connectivity index (χ0n) is 13.8. The summed E-state index contributed by atoms with van der Waals surface area (Å²) in [6.07, 6.45) is 4.70. The molecule has 4 heteroatoms. The predicted octanol–water partition coefficient (Wildman–Crippen LogP) is 3.64. The molecule has 0 aromatic carbocycles. The second-order valence-corrected chi connectivity index (χ2v) is 7.89. The van der Waals surface area contributed by atoms with Crippen LogP contribution in [0.3, 0.4) is 0 Å². The first kappa shape index (κ1) is 16.3. The van der Waals surface area contributed by atoms with Gasteiger partial charge < -0.3 is 14.7 Å². The summed E-state index contributed by atoms with van der Waals surface area (Å²) in [5.74, 6) is 0. The highest BCUT2D eigenvalue weighted by Crippen LogP contribution is 2.42. The van der Waals surface area contributed by atoms with Crippen LogP contribution in [-0.2, 0) is 4.74 Å². The molecule has 2 aliphatic rings. The molecule has 2 aliphatic heterocycles. The topological polar surface area (TPSA) is 49.8 Å². The number of aliphatic hydroxyl groups is 1. The summed E-state index contributed by atoms with van der Waals surface area (Å²) in [6.45, 7) is 11.6. The third kappa shape index (κ3) is 4.00. The molecule has 0 aliphatic carbocycles. The zero-order chi connectivity index (χ0) is 15.8. The third-order valence-electron chi connectivity index (χ3n) is 4.33. The Morgan fingerprint density at radius 1 is 1.33 bits per heavy atom. The maximum Gasteiger partial charge on any atom is 0.410 e. The van der Waals surface area contributed by atoms with E-state index in [0.29, 0.717) is 19.3 Å². The Hall–Kier alpha value is -1.03. The van der Waals surface area contributed by atoms with E-state index in [0.717, 1.165) is 24.8 Å². The minimum Gasteiger partial charge on any atom is -0.444 e. The highest BCUT2D eigenvalue weighted by Gasteiger charge is 2.48. The van der Waals surface area contributed by atoms with Crippen LogP contribution in [0.2, 0.25) is 0 Å². The molecule has 2 fully saturated rings. The molecular formula is C17H29NO3. The van der Waals surface area contributed by atoms with E-state index >= 15 is 0 Å². The minimum atomic E-state index is -0.708. The Morgan fingerprint density at radius 3 is 2.29 bits per heavy atom. The molecular weight excluding hydrogens is 266 g/mol. The van der Waals surface area contributed by atoms with E-state index in [1.807, 2.05) is 32.6 Å². The molecule has 4 nitrogen and oxygen atoms in total. The van der Waals surface area contributed by atoms with Gasteiger partial charge in [0.05, 0.1) is 5.60 Å². The lowest BCUT2D eigenvalue weighted by Crippen LogP contribution is -2.60. The maximum atomic E-state index is 12.5. The Labute approximate surface area is 128 Å². The largest absolute Gasteiger partial charge is 0.444 e. The first-order valence-electron chi connectivity index (χ1n) is 7.98. The first-order chi connectivity index (χ1) is 9.60. The number of piperidine rings is 2. The van der Waals surface area contributed by atoms with Crippen LogP contribution in [0.25, 0.3) is 0 Å². The number of ether oxygens (including phenoxy) is 1. The van der Waals surface area contributed by atoms with Crippen LogP contribution in [0, 0.1) is 0 Å². The minimum absolute atomic E-state index is 0.0942. The number of rotatable bonds is 2. The number of hydrogen-bond acceptors (Lipinski definition) is 3. The standard InChI is InChI=1S/C17H29NO3/c1-12(2)9-17(20)10-13-7-6-8-14(11-17)18(13)15(19)21-16(3,4)5/h13-14,20H,1,6-11H2,2-5H3. The number of carbonyl (C=O) groups excluding carboxylic acids is 1. The molecule has 0 radical (unpaired) electrons. The number of fused-ring (bicyclic) bond motifs is 2. The van der Waals surface area contributed by atoms with Crippen molar-refractivity contribution in [1.82, 2.24) is 4.90 Å². The number of nitrogens with zero attached hydrogens (tertiary/aromatic N) is 1. The van der Waals surface area contributed by atoms with E-state index in [2.05, 4.69) is 6.58 Å². The van der Waals surface area contributed by atoms with Crippen LogP contribution < -0.4 is 0 Å². The van der Waals surface area contributed by atoms with Crippen molar-refractivity contribution in [3.05, 3.63) is 12.2 Å². The number of hydrogen-bond donors (Lipinski definition) is 1. The average Bonchev–Trinajstić information content (AvgIpc) is 2.22. The van der Waals surface area contributed by atoms with Gasteiger partial charge in [-0.25, -0.2) is 4.79 Å². The van der Waals surface area contributed by atoms with Gasteiger partial charge in [0.15, 0.2) is 0 Å². The fraction of sp³-hybridized carbons (Fsp3) is 0.824. The summed E-state index contributed by atoms with van der Waals surface area (Å²) in [6, 6.07) is 0.188. The van der Waals surface area contributed by atoms with Crippen molar-refractivity contribution in [2.45, 2.75) is 89.5 Å². The molecule has 0 aromatic heterocycles. The fourth-order valence-electron chi connectivity index (χ4n) is 3.85. The number of carbonyl (C=O) groups is 1. The summed E-state index contributed by atoms with van der Waals surface area (Å²) in [4.78, 5) is 14.4. The van der Waals surface area contributed by atoms with Gasteiger partial charge in [0, 0.05) is 12.1 Å². The Kier molecular flexibility index (Phi) is 4.39. The third-order valence-corrected chi connectivity index (χ3v) is 4.33. The lowest BCUT2D eigenvalue weighted by Gasteiger charge is -2.51. The maximum absolute atomic E-state index is 12.5. The number of amides is 1. The molecule has 1 N–H and O–H groups in total. The van der Waals surface area contributed by atoms with Gasteiger partial charge in [0.1, 0.15) is 5.60 Å². The van der Waals surface area contributed by atoms with Crippen LogP contribution >= 0.6 is 0 Å². The molecule has 0 spiro atoms. The smallest absolute Gasteiger partial charge is 0.410 e. The molecule has 0 saturated carbocycles. The Bertz CT molecular complexity index is 410. The van der Waals surface area contributed by atoms with Gasteiger partial charge in [0.25, 0.3) is 0 Å². The van der Waals surface area contributed by atoms with E-state index in [1.165, 1.54) is 0 Å². The average molecular weight is 295 g/mol. The second kappa shape index (κ2) is 5.64. The lowest BCUT2D eigenvalue weighted by molar-refractivity contribution is -0.0917. The van der Waals surface area contributed by atoms with E-state index in [-0.39, 0.29) is 18.2 Å². The molecule has 2 rings (SSSR count). The fourth-order valence-corrected chi connectivity index (χ4v) is 3.85. The molecule has 0 aromatic rings. The highest BCUT2D eigenvalue weighted by molar-refractivity contribution is 5.69. The first-order valence-corrected chi connectivity index (χ1v) is 7.98. The van der Waals surface area contributed by atoms with Crippen molar-refractivity contribution in [3.63, 3.8) is 0 Å². The Balaban J connectivity index is 2.13. The molecule has 21 heavy (non-hydrogen) atoms. The summed E-state index contributed by atoms with van der Waals surface area (Å²) >= 11 is 0. The van der Waals surface area contributed by atoms with Gasteiger partial charge in [0.2, 0.25) is 0 Å². The molecule has 2 heterocycles. The second-order valence-electron chi connectivity index (χ2n) is 7.89. The molecule has 2 unspecified atom stereocenters. The van der Waals surface area contributed by atoms with Gasteiger partial charge in [-0.2, -0.15) is 0 Å². The van der Waals surface area contributed by atoms with E-state index in [4.69, 9.17) is 4.74 Å². The van der Waals surface area contributed by atoms with Crippen molar-refractivity contribution in [2.75, 3.05) is 0 Å². The SMILES string of the molecule is C=C(C)CC1(O)CC2CCCC(C1)N2C(=O)OC(C)(C)C. The zero-order valence-corrected chi connectivity index (χ0v) is 13.8. The summed E-state index contributed by atoms with van der Waals surface area (Å²) in [5.41, 5.74) is -0.182. The van der Waals surface area contributed by atoms with Gasteiger partial charge in [-0.15, -0.1) is 6.58 Å². The Morgan fingerprint density at radius 2 is 1.86 bits per heavy atom. The van der Waals surface area contributed by atoms with Gasteiger partial charge in [-0.3, -0.25) is 0 Å². The summed E-state index contributed by atoms with van der Waals surface area (Å²) < 4.78 is 5.55. The van der Waals surface area contributed by atoms with Gasteiger partial charge in [-0.1, -0.05) is 5.57 Å². The normalized spacial score (nSPS) is 32.7.